The van der Waals surface area contributed by atoms with Crippen LogP contribution < -0.4 is 5.32 Å². The van der Waals surface area contributed by atoms with Gasteiger partial charge in [-0.2, -0.15) is 0 Å². The monoisotopic (exact) mass is 280 g/mol. The van der Waals surface area contributed by atoms with Crippen molar-refractivity contribution >= 4 is 17.7 Å². The second kappa shape index (κ2) is 8.99. The first-order valence-electron chi connectivity index (χ1n) is 6.76. The Balaban J connectivity index is 2.31. The van der Waals surface area contributed by atoms with Gasteiger partial charge in [-0.25, -0.2) is 0 Å². The minimum Gasteiger partial charge on any atom is -0.349 e. The van der Waals surface area contributed by atoms with Gasteiger partial charge in [0.25, 0.3) is 0 Å². The molecule has 1 N–H and O–H groups in total. The van der Waals surface area contributed by atoms with Gasteiger partial charge in [0.2, 0.25) is 5.91 Å². The van der Waals surface area contributed by atoms with Gasteiger partial charge in [0, 0.05) is 32.0 Å². The van der Waals surface area contributed by atoms with Crippen LogP contribution in [0, 0.1) is 0 Å². The van der Waals surface area contributed by atoms with E-state index in [0.29, 0.717) is 6.42 Å². The minimum absolute atomic E-state index is 0.210. The van der Waals surface area contributed by atoms with Crippen LogP contribution in [0.5, 0.6) is 0 Å². The van der Waals surface area contributed by atoms with Gasteiger partial charge in [-0.05, 0) is 36.4 Å². The van der Waals surface area contributed by atoms with Crippen molar-refractivity contribution < 1.29 is 4.79 Å². The van der Waals surface area contributed by atoms with Crippen molar-refractivity contribution in [2.24, 2.45) is 0 Å². The second-order valence-corrected chi connectivity index (χ2v) is 5.84. The summed E-state index contributed by atoms with van der Waals surface area (Å²) >= 11 is 1.82. The lowest BCUT2D eigenvalue weighted by Crippen LogP contribution is -2.21. The molecule has 0 unspecified atom stereocenters. The van der Waals surface area contributed by atoms with E-state index in [1.165, 1.54) is 10.5 Å². The topological polar surface area (TPSA) is 32.3 Å². The van der Waals surface area contributed by atoms with Crippen LogP contribution in [0.4, 0.5) is 0 Å². The zero-order valence-electron chi connectivity index (χ0n) is 12.1. The molecule has 0 saturated heterocycles. The molecule has 1 amide bonds. The molecule has 1 aromatic rings. The van der Waals surface area contributed by atoms with Gasteiger partial charge in [-0.3, -0.25) is 4.79 Å². The number of hydrogen-bond acceptors (Lipinski definition) is 3. The number of carbonyl (C=O) groups is 1. The Morgan fingerprint density at radius 1 is 1.37 bits per heavy atom. The fourth-order valence-corrected chi connectivity index (χ4v) is 2.59. The summed E-state index contributed by atoms with van der Waals surface area (Å²) in [4.78, 5) is 14.4. The Morgan fingerprint density at radius 3 is 2.84 bits per heavy atom. The zero-order chi connectivity index (χ0) is 14.1. The van der Waals surface area contributed by atoms with E-state index in [-0.39, 0.29) is 5.91 Å². The lowest BCUT2D eigenvalue weighted by Gasteiger charge is -2.09. The molecule has 0 aromatic heterocycles. The first kappa shape index (κ1) is 16.1. The number of amides is 1. The van der Waals surface area contributed by atoms with Crippen LogP contribution in [0.3, 0.4) is 0 Å². The molecule has 0 aliphatic carbocycles. The normalized spacial score (nSPS) is 10.5. The van der Waals surface area contributed by atoms with E-state index in [2.05, 4.69) is 36.5 Å². The summed E-state index contributed by atoms with van der Waals surface area (Å²) in [6.07, 6.45) is 1.57. The van der Waals surface area contributed by atoms with E-state index in [1.807, 2.05) is 11.8 Å². The van der Waals surface area contributed by atoms with Gasteiger partial charge in [0.1, 0.15) is 0 Å². The molecule has 4 heteroatoms. The maximum absolute atomic E-state index is 11.4. The zero-order valence-corrected chi connectivity index (χ0v) is 12.9. The summed E-state index contributed by atoms with van der Waals surface area (Å²) in [5.74, 6) is 1.20. The fraction of sp³-hybridized carbons (Fsp3) is 0.533. The Morgan fingerprint density at radius 2 is 2.16 bits per heavy atom. The highest BCUT2D eigenvalue weighted by atomic mass is 32.2. The Kier molecular flexibility index (Phi) is 7.60. The molecule has 1 rings (SSSR count). The molecular weight excluding hydrogens is 256 g/mol. The minimum atomic E-state index is 0.210. The van der Waals surface area contributed by atoms with E-state index in [9.17, 15) is 4.79 Å². The van der Waals surface area contributed by atoms with Crippen LogP contribution >= 0.6 is 11.8 Å². The molecule has 0 radical (unpaired) electrons. The molecule has 0 aliphatic heterocycles. The summed E-state index contributed by atoms with van der Waals surface area (Å²) in [5, 5.41) is 3.33. The number of rotatable bonds is 8. The molecule has 19 heavy (non-hydrogen) atoms. The summed E-state index contributed by atoms with van der Waals surface area (Å²) in [6, 6.07) is 8.59. The standard InChI is InChI=1S/C15H24N2OS/c1-4-16-12-13-7-5-8-14(11-13)19-10-6-9-15(18)17(2)3/h5,7-8,11,16H,4,6,9-10,12H2,1-3H3. The molecule has 0 atom stereocenters. The van der Waals surface area contributed by atoms with Crippen molar-refractivity contribution in [3.63, 3.8) is 0 Å². The van der Waals surface area contributed by atoms with Crippen LogP contribution in [-0.2, 0) is 11.3 Å². The highest BCUT2D eigenvalue weighted by molar-refractivity contribution is 7.99. The summed E-state index contributed by atoms with van der Waals surface area (Å²) in [7, 11) is 3.61. The molecular formula is C15H24N2OS. The number of hydrogen-bond donors (Lipinski definition) is 1. The third kappa shape index (κ3) is 6.64. The summed E-state index contributed by atoms with van der Waals surface area (Å²) < 4.78 is 0. The van der Waals surface area contributed by atoms with Crippen LogP contribution in [0.2, 0.25) is 0 Å². The Labute approximate surface area is 120 Å². The fourth-order valence-electron chi connectivity index (χ4n) is 1.65. The van der Waals surface area contributed by atoms with E-state index >= 15 is 0 Å². The molecule has 0 fully saturated rings. The van der Waals surface area contributed by atoms with E-state index in [0.717, 1.165) is 25.3 Å². The predicted octanol–water partition coefficient (Wildman–Crippen LogP) is 2.76. The maximum Gasteiger partial charge on any atom is 0.222 e. The van der Waals surface area contributed by atoms with Crippen LogP contribution in [-0.4, -0.2) is 37.2 Å². The lowest BCUT2D eigenvalue weighted by molar-refractivity contribution is -0.128. The molecule has 1 aromatic carbocycles. The lowest BCUT2D eigenvalue weighted by atomic mass is 10.2. The Bertz CT molecular complexity index is 393. The number of nitrogens with zero attached hydrogens (tertiary/aromatic N) is 1. The summed E-state index contributed by atoms with van der Waals surface area (Å²) in [5.41, 5.74) is 1.32. The number of nitrogens with one attached hydrogen (secondary N) is 1. The van der Waals surface area contributed by atoms with Gasteiger partial charge < -0.3 is 10.2 Å². The van der Waals surface area contributed by atoms with Crippen molar-refractivity contribution in [1.82, 2.24) is 10.2 Å². The SMILES string of the molecule is CCNCc1cccc(SCCCC(=O)N(C)C)c1. The quantitative estimate of drug-likeness (QED) is 0.587. The van der Waals surface area contributed by atoms with Crippen molar-refractivity contribution in [1.29, 1.82) is 0 Å². The van der Waals surface area contributed by atoms with Gasteiger partial charge in [0.15, 0.2) is 0 Å². The molecule has 0 spiro atoms. The van der Waals surface area contributed by atoms with Crippen LogP contribution in [0.15, 0.2) is 29.2 Å². The van der Waals surface area contributed by atoms with Gasteiger partial charge >= 0.3 is 0 Å². The third-order valence-electron chi connectivity index (χ3n) is 2.78. The third-order valence-corrected chi connectivity index (χ3v) is 3.86. The summed E-state index contributed by atoms with van der Waals surface area (Å²) in [6.45, 7) is 4.02. The molecule has 0 heterocycles. The van der Waals surface area contributed by atoms with E-state index in [1.54, 1.807) is 19.0 Å². The maximum atomic E-state index is 11.4. The number of benzene rings is 1. The van der Waals surface area contributed by atoms with Crippen LogP contribution in [0.1, 0.15) is 25.3 Å². The van der Waals surface area contributed by atoms with Gasteiger partial charge in [-0.1, -0.05) is 19.1 Å². The molecule has 0 aliphatic rings. The van der Waals surface area contributed by atoms with Crippen molar-refractivity contribution in [3.8, 4) is 0 Å². The first-order chi connectivity index (χ1) is 9.13. The van der Waals surface area contributed by atoms with Gasteiger partial charge in [-0.15, -0.1) is 11.8 Å². The average Bonchev–Trinajstić information content (AvgIpc) is 2.41. The smallest absolute Gasteiger partial charge is 0.222 e. The highest BCUT2D eigenvalue weighted by Gasteiger charge is 2.03. The second-order valence-electron chi connectivity index (χ2n) is 4.67. The first-order valence-corrected chi connectivity index (χ1v) is 7.74. The van der Waals surface area contributed by atoms with Crippen LogP contribution in [0.25, 0.3) is 0 Å². The predicted molar refractivity (Wildman–Crippen MR) is 82.5 cm³/mol. The van der Waals surface area contributed by atoms with E-state index in [4.69, 9.17) is 0 Å². The van der Waals surface area contributed by atoms with Crippen molar-refractivity contribution in [2.45, 2.75) is 31.2 Å². The van der Waals surface area contributed by atoms with Gasteiger partial charge in [0.05, 0.1) is 0 Å². The van der Waals surface area contributed by atoms with Crippen molar-refractivity contribution in [2.75, 3.05) is 26.4 Å². The van der Waals surface area contributed by atoms with Crippen molar-refractivity contribution in [3.05, 3.63) is 29.8 Å². The largest absolute Gasteiger partial charge is 0.349 e. The molecule has 3 nitrogen and oxygen atoms in total. The molecule has 106 valence electrons. The highest BCUT2D eigenvalue weighted by Crippen LogP contribution is 2.20. The average molecular weight is 280 g/mol. The molecule has 0 saturated carbocycles. The molecule has 0 bridgehead atoms. The number of carbonyl (C=O) groups excluding carboxylic acids is 1. The number of thioether (sulfide) groups is 1. The van der Waals surface area contributed by atoms with E-state index < -0.39 is 0 Å². The Hall–Kier alpha value is -1.00.